The molecule has 0 saturated carbocycles. The highest BCUT2D eigenvalue weighted by Gasteiger charge is 2.10. The largest absolute Gasteiger partial charge is 0.726 e. The zero-order valence-corrected chi connectivity index (χ0v) is 14.9. The summed E-state index contributed by atoms with van der Waals surface area (Å²) in [6.07, 6.45) is 0.976. The van der Waals surface area contributed by atoms with Crippen LogP contribution in [-0.4, -0.2) is 63.8 Å². The highest BCUT2D eigenvalue weighted by atomic mass is 32.3. The second-order valence-electron chi connectivity index (χ2n) is 5.21. The van der Waals surface area contributed by atoms with E-state index >= 15 is 0 Å². The van der Waals surface area contributed by atoms with E-state index in [0.29, 0.717) is 12.1 Å². The van der Waals surface area contributed by atoms with E-state index < -0.39 is 10.4 Å². The molecule has 0 amide bonds. The summed E-state index contributed by atoms with van der Waals surface area (Å²) < 4.78 is 33.0. The molecule has 22 heavy (non-hydrogen) atoms. The van der Waals surface area contributed by atoms with E-state index in [1.54, 1.807) is 6.92 Å². The van der Waals surface area contributed by atoms with Crippen LogP contribution in [0.2, 0.25) is 0 Å². The number of carbonyl (C=O) groups excluding carboxylic acids is 1. The van der Waals surface area contributed by atoms with Gasteiger partial charge in [-0.25, -0.2) is 13.2 Å². The molecule has 0 atom stereocenters. The Bertz CT molecular complexity index is 434. The molecule has 0 unspecified atom stereocenters. The Morgan fingerprint density at radius 1 is 1.32 bits per heavy atom. The Kier molecular flexibility index (Phi) is 12.2. The Balaban J connectivity index is 0. The lowest BCUT2D eigenvalue weighted by Gasteiger charge is -2.27. The number of quaternary nitrogens is 1. The summed E-state index contributed by atoms with van der Waals surface area (Å²) in [5.74, 6) is -0.390. The van der Waals surface area contributed by atoms with Gasteiger partial charge in [0.25, 0.3) is 0 Å². The topological polar surface area (TPSA) is 105 Å². The molecule has 0 radical (unpaired) electrons. The van der Waals surface area contributed by atoms with Crippen molar-refractivity contribution in [1.29, 1.82) is 0 Å². The average Bonchev–Trinajstić information content (AvgIpc) is 2.37. The van der Waals surface area contributed by atoms with Crippen molar-refractivity contribution in [2.75, 3.05) is 40.3 Å². The van der Waals surface area contributed by atoms with E-state index in [1.807, 2.05) is 0 Å². The van der Waals surface area contributed by atoms with Crippen molar-refractivity contribution in [2.24, 2.45) is 0 Å². The minimum atomic E-state index is -4.42. The van der Waals surface area contributed by atoms with Gasteiger partial charge in [-0.1, -0.05) is 6.58 Å². The first kappa shape index (κ1) is 23.3. The van der Waals surface area contributed by atoms with Gasteiger partial charge in [0.15, 0.2) is 0 Å². The molecule has 0 rings (SSSR count). The van der Waals surface area contributed by atoms with Crippen LogP contribution in [0.3, 0.4) is 0 Å². The smallest absolute Gasteiger partial charge is 0.351 e. The van der Waals surface area contributed by atoms with E-state index in [2.05, 4.69) is 37.3 Å². The van der Waals surface area contributed by atoms with Crippen molar-refractivity contribution >= 4 is 16.4 Å². The van der Waals surface area contributed by atoms with Crippen molar-refractivity contribution in [3.8, 4) is 0 Å². The molecule has 0 saturated heterocycles. The first-order valence-corrected chi connectivity index (χ1v) is 8.30. The lowest BCUT2D eigenvalue weighted by atomic mass is 10.3. The van der Waals surface area contributed by atoms with Crippen molar-refractivity contribution in [3.05, 3.63) is 12.2 Å². The molecule has 0 aliphatic carbocycles. The molecule has 132 valence electrons. The van der Waals surface area contributed by atoms with Crippen molar-refractivity contribution in [2.45, 2.75) is 27.2 Å². The van der Waals surface area contributed by atoms with Gasteiger partial charge in [0.1, 0.15) is 0 Å². The highest BCUT2D eigenvalue weighted by molar-refractivity contribution is 7.80. The second kappa shape index (κ2) is 11.6. The number of hydroxylamine groups is 1. The lowest BCUT2D eigenvalue weighted by Crippen LogP contribution is -2.41. The molecular formula is C13H28N2O6S. The maximum absolute atomic E-state index is 11.0. The van der Waals surface area contributed by atoms with E-state index in [-0.39, 0.29) is 12.6 Å². The number of rotatable bonds is 9. The van der Waals surface area contributed by atoms with Gasteiger partial charge in [0.2, 0.25) is 10.4 Å². The number of hydrogen-bond donors (Lipinski definition) is 1. The Labute approximate surface area is 133 Å². The summed E-state index contributed by atoms with van der Waals surface area (Å²) in [5.41, 5.74) is 3.05. The van der Waals surface area contributed by atoms with Crippen LogP contribution in [-0.2, 0) is 24.2 Å². The van der Waals surface area contributed by atoms with Crippen molar-refractivity contribution < 1.29 is 31.3 Å². The predicted molar refractivity (Wildman–Crippen MR) is 82.4 cm³/mol. The van der Waals surface area contributed by atoms with Crippen LogP contribution >= 0.6 is 0 Å². The third kappa shape index (κ3) is 17.1. The van der Waals surface area contributed by atoms with Crippen LogP contribution in [0.1, 0.15) is 27.2 Å². The third-order valence-electron chi connectivity index (χ3n) is 2.67. The Morgan fingerprint density at radius 3 is 2.18 bits per heavy atom. The lowest BCUT2D eigenvalue weighted by molar-refractivity contribution is -0.888. The third-order valence-corrected chi connectivity index (χ3v) is 3.20. The van der Waals surface area contributed by atoms with Crippen LogP contribution in [0.4, 0.5) is 0 Å². The van der Waals surface area contributed by atoms with Crippen LogP contribution in [0.15, 0.2) is 12.2 Å². The summed E-state index contributed by atoms with van der Waals surface area (Å²) in [5, 5.41) is 0. The minimum absolute atomic E-state index is 0.0914. The first-order chi connectivity index (χ1) is 9.95. The van der Waals surface area contributed by atoms with E-state index in [1.165, 1.54) is 6.92 Å². The predicted octanol–water partition coefficient (Wildman–Crippen LogP) is 0.580. The maximum Gasteiger partial charge on any atom is 0.351 e. The molecular weight excluding hydrogens is 312 g/mol. The fourth-order valence-corrected chi connectivity index (χ4v) is 1.37. The molecule has 0 bridgehead atoms. The molecule has 0 aromatic carbocycles. The molecule has 0 aromatic heterocycles. The molecule has 0 spiro atoms. The minimum Gasteiger partial charge on any atom is -0.726 e. The quantitative estimate of drug-likeness (QED) is 0.163. The van der Waals surface area contributed by atoms with Gasteiger partial charge >= 0.3 is 5.97 Å². The van der Waals surface area contributed by atoms with Crippen molar-refractivity contribution in [1.82, 2.24) is 5.48 Å². The molecule has 0 aromatic rings. The summed E-state index contributed by atoms with van der Waals surface area (Å²) in [7, 11) is -0.0633. The number of hydrogen-bond acceptors (Lipinski definition) is 7. The van der Waals surface area contributed by atoms with Gasteiger partial charge in [-0.05, 0) is 20.8 Å². The zero-order chi connectivity index (χ0) is 17.8. The fraction of sp³-hybridized carbons (Fsp3) is 0.769. The van der Waals surface area contributed by atoms with Gasteiger partial charge in [0, 0.05) is 18.5 Å². The normalized spacial score (nSPS) is 11.4. The summed E-state index contributed by atoms with van der Waals surface area (Å²) in [6.45, 7) is 11.5. The van der Waals surface area contributed by atoms with Gasteiger partial charge in [0.05, 0.1) is 33.8 Å². The molecule has 0 aliphatic heterocycles. The van der Waals surface area contributed by atoms with Crippen molar-refractivity contribution in [3.63, 3.8) is 0 Å². The monoisotopic (exact) mass is 340 g/mol. The summed E-state index contributed by atoms with van der Waals surface area (Å²) in [4.78, 5) is 15.7. The van der Waals surface area contributed by atoms with Gasteiger partial charge in [-0.3, -0.25) is 4.18 Å². The summed E-state index contributed by atoms with van der Waals surface area (Å²) >= 11 is 0. The Hall–Kier alpha value is -1.00. The molecule has 8 nitrogen and oxygen atoms in total. The van der Waals surface area contributed by atoms with Gasteiger partial charge in [-0.15, -0.1) is 0 Å². The van der Waals surface area contributed by atoms with Crippen LogP contribution in [0, 0.1) is 0 Å². The van der Waals surface area contributed by atoms with E-state index in [4.69, 9.17) is 4.84 Å². The molecule has 1 N–H and O–H groups in total. The maximum atomic E-state index is 11.0. The average molecular weight is 340 g/mol. The molecule has 0 aliphatic rings. The molecule has 9 heteroatoms. The zero-order valence-electron chi connectivity index (χ0n) is 14.0. The fourth-order valence-electron chi connectivity index (χ4n) is 1.09. The summed E-state index contributed by atoms with van der Waals surface area (Å²) in [6, 6.07) is 0. The SMILES string of the molecule is C=C(C)C(=O)ONCCC[N+](C)(C)CC.CCOS(=O)(=O)[O-]. The Morgan fingerprint density at radius 2 is 1.86 bits per heavy atom. The van der Waals surface area contributed by atoms with Crippen LogP contribution in [0.5, 0.6) is 0 Å². The second-order valence-corrected chi connectivity index (χ2v) is 6.26. The van der Waals surface area contributed by atoms with Crippen LogP contribution < -0.4 is 5.48 Å². The number of nitrogens with one attached hydrogen (secondary N) is 1. The van der Waals surface area contributed by atoms with Gasteiger partial charge in [-0.2, -0.15) is 5.48 Å². The highest BCUT2D eigenvalue weighted by Crippen LogP contribution is 1.97. The molecule has 0 fully saturated rings. The number of nitrogens with zero attached hydrogens (tertiary/aromatic N) is 1. The number of carbonyl (C=O) groups is 1. The van der Waals surface area contributed by atoms with E-state index in [9.17, 15) is 17.8 Å². The standard InChI is InChI=1S/C11H23N2O2.C2H6O4S/c1-6-13(4,5)9-7-8-12-15-11(14)10(2)3;1-2-6-7(3,4)5/h12H,2,6-9H2,1,3-5H3;2H2,1H3,(H,3,4,5)/q+1;/p-1. The van der Waals surface area contributed by atoms with Gasteiger partial charge < -0.3 is 13.9 Å². The molecule has 0 heterocycles. The van der Waals surface area contributed by atoms with E-state index in [0.717, 1.165) is 24.0 Å². The first-order valence-electron chi connectivity index (χ1n) is 6.97. The van der Waals surface area contributed by atoms with Crippen LogP contribution in [0.25, 0.3) is 0 Å².